The maximum atomic E-state index is 15.2. The van der Waals surface area contributed by atoms with Crippen LogP contribution in [-0.4, -0.2) is 25.9 Å². The van der Waals surface area contributed by atoms with Crippen LogP contribution in [0.4, 0.5) is 15.9 Å². The fourth-order valence-electron chi connectivity index (χ4n) is 4.57. The third-order valence-corrected chi connectivity index (χ3v) is 6.41. The van der Waals surface area contributed by atoms with Crippen molar-refractivity contribution in [3.8, 4) is 5.69 Å². The Bertz CT molecular complexity index is 1480. The molecule has 182 valence electrons. The van der Waals surface area contributed by atoms with E-state index in [0.717, 1.165) is 36.6 Å². The van der Waals surface area contributed by atoms with Gasteiger partial charge in [0.05, 0.1) is 11.1 Å². The van der Waals surface area contributed by atoms with Crippen molar-refractivity contribution in [3.05, 3.63) is 75.6 Å². The standard InChI is InChI=1S/C27H31FN6O/c1-16(2)33-26(35)21-14-22(28)24(31-19-7-6-18-15-29-10-8-17(18)12-19)32-25(21)34(33)20-9-11-30-23(13-20)27(3,4)5/h6-7,9,11-14,16,29H,8,10,15H2,1-5H3,(H,31,32). The molecule has 0 amide bonds. The Balaban J connectivity index is 1.67. The molecule has 0 saturated heterocycles. The lowest BCUT2D eigenvalue weighted by Crippen LogP contribution is -2.24. The summed E-state index contributed by atoms with van der Waals surface area (Å²) in [5.74, 6) is -0.474. The predicted octanol–water partition coefficient (Wildman–Crippen LogP) is 4.99. The molecule has 0 radical (unpaired) electrons. The van der Waals surface area contributed by atoms with Gasteiger partial charge < -0.3 is 10.6 Å². The van der Waals surface area contributed by atoms with Crippen molar-refractivity contribution in [2.45, 2.75) is 59.0 Å². The predicted molar refractivity (Wildman–Crippen MR) is 137 cm³/mol. The summed E-state index contributed by atoms with van der Waals surface area (Å²) in [6, 6.07) is 11.0. The fraction of sp³-hybridized carbons (Fsp3) is 0.370. The molecule has 3 aromatic heterocycles. The Morgan fingerprint density at radius 2 is 1.91 bits per heavy atom. The number of pyridine rings is 2. The summed E-state index contributed by atoms with van der Waals surface area (Å²) in [4.78, 5) is 22.5. The number of fused-ring (bicyclic) bond motifs is 2. The van der Waals surface area contributed by atoms with E-state index in [1.54, 1.807) is 15.6 Å². The largest absolute Gasteiger partial charge is 0.338 e. The van der Waals surface area contributed by atoms with Crippen molar-refractivity contribution in [1.82, 2.24) is 24.6 Å². The highest BCUT2D eigenvalue weighted by atomic mass is 19.1. The molecule has 0 aliphatic carbocycles. The molecule has 5 rings (SSSR count). The van der Waals surface area contributed by atoms with E-state index >= 15 is 4.39 Å². The van der Waals surface area contributed by atoms with Crippen LogP contribution in [0.25, 0.3) is 16.7 Å². The first kappa shape index (κ1) is 23.2. The monoisotopic (exact) mass is 474 g/mol. The van der Waals surface area contributed by atoms with Crippen LogP contribution < -0.4 is 16.2 Å². The van der Waals surface area contributed by atoms with Crippen LogP contribution in [-0.2, 0) is 18.4 Å². The molecule has 4 aromatic rings. The molecule has 7 nitrogen and oxygen atoms in total. The molecule has 0 atom stereocenters. The average Bonchev–Trinajstić information content (AvgIpc) is 3.10. The van der Waals surface area contributed by atoms with E-state index in [9.17, 15) is 4.79 Å². The Kier molecular flexibility index (Phi) is 5.71. The molecule has 0 unspecified atom stereocenters. The summed E-state index contributed by atoms with van der Waals surface area (Å²) in [6.07, 6.45) is 2.66. The second kappa shape index (κ2) is 8.61. The van der Waals surface area contributed by atoms with Gasteiger partial charge >= 0.3 is 0 Å². The molecule has 1 aliphatic heterocycles. The Morgan fingerprint density at radius 3 is 2.66 bits per heavy atom. The van der Waals surface area contributed by atoms with Gasteiger partial charge in [0, 0.05) is 35.6 Å². The van der Waals surface area contributed by atoms with Crippen LogP contribution in [0, 0.1) is 5.82 Å². The molecule has 2 N–H and O–H groups in total. The van der Waals surface area contributed by atoms with E-state index in [4.69, 9.17) is 0 Å². The first-order chi connectivity index (χ1) is 16.6. The van der Waals surface area contributed by atoms with Crippen LogP contribution in [0.15, 0.2) is 47.4 Å². The van der Waals surface area contributed by atoms with Crippen LogP contribution in [0.1, 0.15) is 57.5 Å². The third kappa shape index (κ3) is 4.23. The zero-order valence-electron chi connectivity index (χ0n) is 20.8. The lowest BCUT2D eigenvalue weighted by molar-refractivity contribution is 0.474. The van der Waals surface area contributed by atoms with Crippen LogP contribution in [0.5, 0.6) is 0 Å². The van der Waals surface area contributed by atoms with Crippen LogP contribution in [0.3, 0.4) is 0 Å². The molecule has 0 spiro atoms. The average molecular weight is 475 g/mol. The van der Waals surface area contributed by atoms with Crippen LogP contribution >= 0.6 is 0 Å². The Morgan fingerprint density at radius 1 is 1.11 bits per heavy atom. The quantitative estimate of drug-likeness (QED) is 0.436. The van der Waals surface area contributed by atoms with Gasteiger partial charge in [-0.05, 0) is 68.3 Å². The van der Waals surface area contributed by atoms with Gasteiger partial charge in [-0.25, -0.2) is 18.7 Å². The molecule has 0 fully saturated rings. The molecule has 0 bridgehead atoms. The minimum Gasteiger partial charge on any atom is -0.338 e. The molecule has 1 aliphatic rings. The fourth-order valence-corrected chi connectivity index (χ4v) is 4.57. The number of rotatable bonds is 4. The highest BCUT2D eigenvalue weighted by Gasteiger charge is 2.23. The van der Waals surface area contributed by atoms with Crippen molar-refractivity contribution in [3.63, 3.8) is 0 Å². The Hall–Kier alpha value is -3.52. The molecule has 8 heteroatoms. The molecular weight excluding hydrogens is 443 g/mol. The smallest absolute Gasteiger partial charge is 0.276 e. The molecule has 0 saturated carbocycles. The van der Waals surface area contributed by atoms with Gasteiger partial charge in [-0.15, -0.1) is 0 Å². The summed E-state index contributed by atoms with van der Waals surface area (Å²) in [6.45, 7) is 11.9. The SMILES string of the molecule is CC(C)n1c(=O)c2cc(F)c(Nc3ccc4c(c3)CCNC4)nc2n1-c1ccnc(C(C)(C)C)c1. The zero-order chi connectivity index (χ0) is 24.9. The van der Waals surface area contributed by atoms with Crippen LogP contribution in [0.2, 0.25) is 0 Å². The Labute approximate surface area is 204 Å². The number of nitrogens with zero attached hydrogens (tertiary/aromatic N) is 4. The molecule has 1 aromatic carbocycles. The van der Waals surface area contributed by atoms with E-state index in [1.807, 2.05) is 38.1 Å². The molecule has 4 heterocycles. The van der Waals surface area contributed by atoms with Crippen molar-refractivity contribution < 1.29 is 4.39 Å². The number of halogens is 1. The number of benzene rings is 1. The first-order valence-corrected chi connectivity index (χ1v) is 12.0. The maximum absolute atomic E-state index is 15.2. The highest BCUT2D eigenvalue weighted by Crippen LogP contribution is 2.28. The second-order valence-electron chi connectivity index (χ2n) is 10.4. The van der Waals surface area contributed by atoms with Crippen molar-refractivity contribution in [2.75, 3.05) is 11.9 Å². The van der Waals surface area contributed by atoms with Gasteiger partial charge in [0.15, 0.2) is 17.3 Å². The van der Waals surface area contributed by atoms with Gasteiger partial charge in [-0.1, -0.05) is 26.8 Å². The van der Waals surface area contributed by atoms with E-state index in [0.29, 0.717) is 5.65 Å². The second-order valence-corrected chi connectivity index (χ2v) is 10.4. The van der Waals surface area contributed by atoms with Crippen molar-refractivity contribution in [1.29, 1.82) is 0 Å². The summed E-state index contributed by atoms with van der Waals surface area (Å²) in [5.41, 5.74) is 4.87. The molecular formula is C27H31FN6O. The first-order valence-electron chi connectivity index (χ1n) is 12.0. The minimum absolute atomic E-state index is 0.0890. The summed E-state index contributed by atoms with van der Waals surface area (Å²) in [7, 11) is 0. The lowest BCUT2D eigenvalue weighted by Gasteiger charge is -2.20. The van der Waals surface area contributed by atoms with Gasteiger partial charge in [-0.3, -0.25) is 9.78 Å². The molecule has 35 heavy (non-hydrogen) atoms. The van der Waals surface area contributed by atoms with Gasteiger partial charge in [0.1, 0.15) is 0 Å². The zero-order valence-corrected chi connectivity index (χ0v) is 20.8. The van der Waals surface area contributed by atoms with Gasteiger partial charge in [0.25, 0.3) is 5.56 Å². The van der Waals surface area contributed by atoms with E-state index in [1.165, 1.54) is 17.2 Å². The highest BCUT2D eigenvalue weighted by molar-refractivity contribution is 5.79. The lowest BCUT2D eigenvalue weighted by atomic mass is 9.91. The third-order valence-electron chi connectivity index (χ3n) is 6.41. The van der Waals surface area contributed by atoms with Crippen molar-refractivity contribution in [2.24, 2.45) is 0 Å². The number of aromatic nitrogens is 4. The summed E-state index contributed by atoms with van der Waals surface area (Å²) < 4.78 is 18.6. The maximum Gasteiger partial charge on any atom is 0.276 e. The van der Waals surface area contributed by atoms with Gasteiger partial charge in [0.2, 0.25) is 0 Å². The summed E-state index contributed by atoms with van der Waals surface area (Å²) >= 11 is 0. The number of hydrogen-bond acceptors (Lipinski definition) is 5. The van der Waals surface area contributed by atoms with E-state index in [2.05, 4.69) is 47.4 Å². The topological polar surface area (TPSA) is 76.8 Å². The minimum atomic E-state index is -0.563. The number of hydrogen-bond donors (Lipinski definition) is 2. The van der Waals surface area contributed by atoms with Gasteiger partial charge in [-0.2, -0.15) is 0 Å². The summed E-state index contributed by atoms with van der Waals surface area (Å²) in [5, 5.41) is 6.75. The van der Waals surface area contributed by atoms with Crippen molar-refractivity contribution >= 4 is 22.5 Å². The number of anilines is 2. The normalized spacial score (nSPS) is 13.9. The van der Waals surface area contributed by atoms with E-state index < -0.39 is 5.82 Å². The van der Waals surface area contributed by atoms with E-state index in [-0.39, 0.29) is 28.2 Å². The number of nitrogens with one attached hydrogen (secondary N) is 2.